The van der Waals surface area contributed by atoms with E-state index >= 15 is 0 Å². The van der Waals surface area contributed by atoms with E-state index in [1.807, 2.05) is 11.3 Å². The molecule has 10 aromatic carbocycles. The third-order valence-electron chi connectivity index (χ3n) is 15.6. The second-order valence-electron chi connectivity index (χ2n) is 19.7. The summed E-state index contributed by atoms with van der Waals surface area (Å²) in [5.41, 5.74) is 23.7. The molecule has 0 N–H and O–H groups in total. The third-order valence-corrected chi connectivity index (χ3v) is 16.7. The smallest absolute Gasteiger partial charge is 0.333 e. The van der Waals surface area contributed by atoms with Crippen molar-refractivity contribution in [2.45, 2.75) is 26.2 Å². The molecular weight excluding hydrogens is 854 g/mol. The minimum atomic E-state index is -0.137. The zero-order valence-electron chi connectivity index (χ0n) is 38.5. The largest absolute Gasteiger partial charge is 0.376 e. The zero-order chi connectivity index (χ0) is 45.7. The maximum Gasteiger partial charge on any atom is 0.333 e. The van der Waals surface area contributed by atoms with Crippen molar-refractivity contribution in [3.05, 3.63) is 229 Å². The van der Waals surface area contributed by atoms with Crippen LogP contribution < -0.4 is 20.6 Å². The fourth-order valence-corrected chi connectivity index (χ4v) is 13.6. The molecule has 12 aromatic rings. The van der Waals surface area contributed by atoms with E-state index < -0.39 is 0 Å². The molecule has 69 heavy (non-hydrogen) atoms. The van der Waals surface area contributed by atoms with Gasteiger partial charge in [0.15, 0.2) is 0 Å². The number of thiophene rings is 1. The van der Waals surface area contributed by atoms with E-state index in [4.69, 9.17) is 0 Å². The van der Waals surface area contributed by atoms with Gasteiger partial charge in [-0.25, -0.2) is 0 Å². The average molecular weight is 898 g/mol. The maximum absolute atomic E-state index is 2.66. The molecule has 3 aliphatic rings. The summed E-state index contributed by atoms with van der Waals surface area (Å²) in [5, 5.41) is 5.21. The molecule has 0 fully saturated rings. The fourth-order valence-electron chi connectivity index (χ4n) is 12.5. The van der Waals surface area contributed by atoms with Gasteiger partial charge in [0.1, 0.15) is 0 Å². The molecule has 0 bridgehead atoms. The number of benzene rings is 10. The topological polar surface area (TPSA) is 11.4 Å². The quantitative estimate of drug-likeness (QED) is 0.160. The normalized spacial score (nSPS) is 13.8. The molecule has 4 heterocycles. The Kier molecular flexibility index (Phi) is 8.02. The lowest BCUT2D eigenvalue weighted by atomic mass is 9.43. The number of rotatable bonds is 5. The molecule has 0 atom stereocenters. The molecule has 1 aliphatic carbocycles. The fraction of sp³-hybridized carbons (Fsp3) is 0.0625. The molecule has 324 valence electrons. The Morgan fingerprint density at radius 3 is 1.97 bits per heavy atom. The number of aryl methyl sites for hydroxylation is 1. The van der Waals surface area contributed by atoms with Crippen molar-refractivity contribution in [2.75, 3.05) is 9.71 Å². The Labute approximate surface area is 405 Å². The molecule has 0 saturated carbocycles. The van der Waals surface area contributed by atoms with Crippen LogP contribution in [0.5, 0.6) is 0 Å². The molecule has 15 rings (SSSR count). The second kappa shape index (κ2) is 14.2. The van der Waals surface area contributed by atoms with Crippen LogP contribution in [-0.4, -0.2) is 11.4 Å². The highest BCUT2D eigenvalue weighted by molar-refractivity contribution is 7.26. The van der Waals surface area contributed by atoms with Gasteiger partial charge in [0.05, 0.1) is 11.0 Å². The predicted molar refractivity (Wildman–Crippen MR) is 295 cm³/mol. The molecule has 0 spiro atoms. The van der Waals surface area contributed by atoms with Crippen molar-refractivity contribution >= 4 is 99.5 Å². The van der Waals surface area contributed by atoms with Crippen molar-refractivity contribution < 1.29 is 0 Å². The summed E-state index contributed by atoms with van der Waals surface area (Å²) in [6.07, 6.45) is 0. The van der Waals surface area contributed by atoms with Crippen LogP contribution in [0.2, 0.25) is 0 Å². The monoisotopic (exact) mass is 897 g/mol. The standard InChI is InChI=1S/C64H44BN3S/c1-39-26-29-43(30-27-39)68-57-33-31-44(66(41-16-6-4-7-17-41)42-18-8-5-9-19-42)35-50(57)52-36-49(40-28-32-46-45-20-10-13-23-53(45)64(2,3)54(46)34-40)61-48-22-11-14-24-56(48)67-58-37-51-47-21-12-15-25-59(47)69-60(51)38-55(58)65(68)62(52)63(61)67/h4-38H,1-3H3. The van der Waals surface area contributed by atoms with Crippen LogP contribution in [0.1, 0.15) is 30.5 Å². The lowest BCUT2D eigenvalue weighted by Crippen LogP contribution is -2.60. The van der Waals surface area contributed by atoms with Crippen LogP contribution in [0.15, 0.2) is 212 Å². The number of fused-ring (bicyclic) bond motifs is 14. The van der Waals surface area contributed by atoms with Gasteiger partial charge in [0, 0.05) is 76.0 Å². The van der Waals surface area contributed by atoms with E-state index in [0.717, 1.165) is 17.1 Å². The van der Waals surface area contributed by atoms with Crippen molar-refractivity contribution in [3.63, 3.8) is 0 Å². The second-order valence-corrected chi connectivity index (χ2v) is 20.8. The first-order valence-electron chi connectivity index (χ1n) is 24.1. The Morgan fingerprint density at radius 1 is 0.478 bits per heavy atom. The van der Waals surface area contributed by atoms with Gasteiger partial charge >= 0.3 is 6.85 Å². The first-order chi connectivity index (χ1) is 33.9. The van der Waals surface area contributed by atoms with Crippen molar-refractivity contribution in [2.24, 2.45) is 0 Å². The molecule has 0 amide bonds. The minimum absolute atomic E-state index is 0.105. The molecule has 2 aromatic heterocycles. The van der Waals surface area contributed by atoms with Crippen LogP contribution >= 0.6 is 11.3 Å². The summed E-state index contributed by atoms with van der Waals surface area (Å²) in [5.74, 6) is 0. The first kappa shape index (κ1) is 38.9. The van der Waals surface area contributed by atoms with E-state index in [-0.39, 0.29) is 12.3 Å². The van der Waals surface area contributed by atoms with Crippen molar-refractivity contribution in [1.82, 2.24) is 4.57 Å². The van der Waals surface area contributed by atoms with Gasteiger partial charge in [-0.2, -0.15) is 0 Å². The first-order valence-corrected chi connectivity index (χ1v) is 24.9. The molecule has 0 saturated heterocycles. The van der Waals surface area contributed by atoms with Crippen molar-refractivity contribution in [1.29, 1.82) is 0 Å². The summed E-state index contributed by atoms with van der Waals surface area (Å²) in [6.45, 7) is 6.88. The number of aromatic nitrogens is 1. The van der Waals surface area contributed by atoms with E-state index in [1.54, 1.807) is 0 Å². The summed E-state index contributed by atoms with van der Waals surface area (Å²) in [6, 6.07) is 80.0. The van der Waals surface area contributed by atoms with E-state index in [2.05, 4.69) is 247 Å². The highest BCUT2D eigenvalue weighted by atomic mass is 32.1. The molecule has 3 nitrogen and oxygen atoms in total. The van der Waals surface area contributed by atoms with Gasteiger partial charge in [0.2, 0.25) is 0 Å². The average Bonchev–Trinajstić information content (AvgIpc) is 4.01. The Morgan fingerprint density at radius 2 is 1.17 bits per heavy atom. The van der Waals surface area contributed by atoms with Crippen LogP contribution in [0.4, 0.5) is 28.4 Å². The Balaban J connectivity index is 1.10. The third kappa shape index (κ3) is 5.39. The Hall–Kier alpha value is -8.12. The van der Waals surface area contributed by atoms with E-state index in [9.17, 15) is 0 Å². The van der Waals surface area contributed by atoms with Crippen LogP contribution in [0, 0.1) is 6.92 Å². The number of nitrogens with zero attached hydrogens (tertiary/aromatic N) is 3. The van der Waals surface area contributed by atoms with Gasteiger partial charge in [0.25, 0.3) is 0 Å². The molecule has 0 unspecified atom stereocenters. The van der Waals surface area contributed by atoms with Gasteiger partial charge in [-0.15, -0.1) is 11.3 Å². The minimum Gasteiger partial charge on any atom is -0.376 e. The highest BCUT2D eigenvalue weighted by Gasteiger charge is 2.45. The number of hydrogen-bond donors (Lipinski definition) is 0. The molecule has 2 aliphatic heterocycles. The maximum atomic E-state index is 2.66. The van der Waals surface area contributed by atoms with Gasteiger partial charge in [-0.3, -0.25) is 0 Å². The highest BCUT2D eigenvalue weighted by Crippen LogP contribution is 2.53. The molecular formula is C64H44BN3S. The van der Waals surface area contributed by atoms with Gasteiger partial charge in [-0.05, 0) is 148 Å². The Bertz CT molecular complexity index is 4090. The number of anilines is 5. The van der Waals surface area contributed by atoms with E-state index in [0.29, 0.717) is 0 Å². The lowest BCUT2D eigenvalue weighted by molar-refractivity contribution is 0.660. The molecule has 5 heteroatoms. The van der Waals surface area contributed by atoms with Crippen LogP contribution in [0.3, 0.4) is 0 Å². The number of hydrogen-bond acceptors (Lipinski definition) is 3. The van der Waals surface area contributed by atoms with Crippen LogP contribution in [-0.2, 0) is 5.41 Å². The SMILES string of the molecule is Cc1ccc(N2B3c4cc5sc6ccccc6c5cc4-n4c5ccccc5c5c(-c6ccc7c(c6)C(C)(C)c6ccccc6-7)cc(c3c54)-c3cc(N(c4ccccc4)c4ccccc4)ccc32)cc1. The predicted octanol–water partition coefficient (Wildman–Crippen LogP) is 16.1. The summed E-state index contributed by atoms with van der Waals surface area (Å²) < 4.78 is 5.27. The van der Waals surface area contributed by atoms with Crippen molar-refractivity contribution in [3.8, 4) is 39.1 Å². The summed E-state index contributed by atoms with van der Waals surface area (Å²) in [7, 11) is 0. The summed E-state index contributed by atoms with van der Waals surface area (Å²) in [4.78, 5) is 5.06. The zero-order valence-corrected chi connectivity index (χ0v) is 39.4. The van der Waals surface area contributed by atoms with Gasteiger partial charge < -0.3 is 14.3 Å². The lowest BCUT2D eigenvalue weighted by Gasteiger charge is -2.42. The van der Waals surface area contributed by atoms with E-state index in [1.165, 1.54) is 120 Å². The number of para-hydroxylation sites is 3. The van der Waals surface area contributed by atoms with Crippen LogP contribution in [0.25, 0.3) is 81.0 Å². The molecule has 0 radical (unpaired) electrons. The van der Waals surface area contributed by atoms with Gasteiger partial charge in [-0.1, -0.05) is 141 Å². The summed E-state index contributed by atoms with van der Waals surface area (Å²) >= 11 is 1.91.